The van der Waals surface area contributed by atoms with Crippen LogP contribution in [0.2, 0.25) is 0 Å². The summed E-state index contributed by atoms with van der Waals surface area (Å²) in [5.41, 5.74) is 2.17. The molecule has 2 rings (SSSR count). The molecule has 4 heteroatoms. The van der Waals surface area contributed by atoms with Crippen LogP contribution < -0.4 is 0 Å². The van der Waals surface area contributed by atoms with E-state index in [0.717, 1.165) is 22.3 Å². The quantitative estimate of drug-likeness (QED) is 0.791. The van der Waals surface area contributed by atoms with E-state index in [1.54, 1.807) is 12.5 Å². The first-order chi connectivity index (χ1) is 7.27. The number of nitrogens with zero attached hydrogens (tertiary/aromatic N) is 1. The average molecular weight is 331 g/mol. The first-order valence-corrected chi connectivity index (χ1v) is 6.25. The lowest BCUT2D eigenvalue weighted by Gasteiger charge is -2.07. The summed E-state index contributed by atoms with van der Waals surface area (Å²) in [4.78, 5) is 4.51. The number of rotatable bonds is 3. The van der Waals surface area contributed by atoms with Crippen molar-refractivity contribution in [1.82, 2.24) is 4.98 Å². The maximum atomic E-state index is 5.19. The maximum Gasteiger partial charge on any atom is 0.173 e. The zero-order chi connectivity index (χ0) is 10.7. The fraction of sp³-hybridized carbons (Fsp3) is 0.182. The van der Waals surface area contributed by atoms with Gasteiger partial charge in [0.05, 0.1) is 6.26 Å². The van der Waals surface area contributed by atoms with Crippen LogP contribution in [0.1, 0.15) is 16.1 Å². The Balaban J connectivity index is 2.11. The Labute approximate surface area is 105 Å². The lowest BCUT2D eigenvalue weighted by Crippen LogP contribution is -1.96. The van der Waals surface area contributed by atoms with Crippen molar-refractivity contribution in [2.24, 2.45) is 0 Å². The lowest BCUT2D eigenvalue weighted by molar-refractivity contribution is 0.536. The minimum Gasteiger partial charge on any atom is -0.457 e. The molecule has 15 heavy (non-hydrogen) atoms. The van der Waals surface area contributed by atoms with Crippen LogP contribution >= 0.6 is 31.9 Å². The normalized spacial score (nSPS) is 12.7. The Morgan fingerprint density at radius 3 is 2.80 bits per heavy atom. The molecule has 1 atom stereocenters. The Kier molecular flexibility index (Phi) is 3.59. The molecule has 2 aromatic heterocycles. The summed E-state index contributed by atoms with van der Waals surface area (Å²) in [6.45, 7) is 0. The molecule has 0 radical (unpaired) electrons. The van der Waals surface area contributed by atoms with Gasteiger partial charge in [0.15, 0.2) is 4.67 Å². The summed E-state index contributed by atoms with van der Waals surface area (Å²) in [6.07, 6.45) is 4.32. The Morgan fingerprint density at radius 1 is 1.33 bits per heavy atom. The Hall–Kier alpha value is -0.610. The third-order valence-electron chi connectivity index (χ3n) is 2.10. The van der Waals surface area contributed by atoms with Crippen LogP contribution in [0, 0.1) is 0 Å². The van der Waals surface area contributed by atoms with Crippen LogP contribution in [-0.2, 0) is 6.42 Å². The predicted octanol–water partition coefficient (Wildman–Crippen LogP) is 4.12. The molecule has 0 spiro atoms. The maximum absolute atomic E-state index is 5.19. The van der Waals surface area contributed by atoms with Gasteiger partial charge in [0, 0.05) is 28.7 Å². The monoisotopic (exact) mass is 329 g/mol. The highest BCUT2D eigenvalue weighted by atomic mass is 79.9. The third-order valence-corrected chi connectivity index (χ3v) is 3.56. The predicted molar refractivity (Wildman–Crippen MR) is 66.0 cm³/mol. The van der Waals surface area contributed by atoms with E-state index < -0.39 is 0 Å². The van der Waals surface area contributed by atoms with E-state index in [4.69, 9.17) is 4.42 Å². The Morgan fingerprint density at radius 2 is 2.20 bits per heavy atom. The fourth-order valence-electron chi connectivity index (χ4n) is 1.34. The first-order valence-electron chi connectivity index (χ1n) is 4.54. The molecule has 0 saturated heterocycles. The van der Waals surface area contributed by atoms with Crippen molar-refractivity contribution in [2.75, 3.05) is 0 Å². The van der Waals surface area contributed by atoms with Crippen LogP contribution in [0.4, 0.5) is 0 Å². The average Bonchev–Trinajstić information content (AvgIpc) is 2.66. The molecule has 0 amide bonds. The first kappa shape index (κ1) is 10.9. The van der Waals surface area contributed by atoms with Crippen molar-refractivity contribution in [1.29, 1.82) is 0 Å². The van der Waals surface area contributed by atoms with Gasteiger partial charge >= 0.3 is 0 Å². The van der Waals surface area contributed by atoms with Crippen LogP contribution in [0.3, 0.4) is 0 Å². The van der Waals surface area contributed by atoms with Gasteiger partial charge in [-0.15, -0.1) is 0 Å². The van der Waals surface area contributed by atoms with Crippen molar-refractivity contribution in [3.8, 4) is 0 Å². The van der Waals surface area contributed by atoms with Crippen molar-refractivity contribution in [3.63, 3.8) is 0 Å². The molecule has 0 N–H and O–H groups in total. The lowest BCUT2D eigenvalue weighted by atomic mass is 10.1. The van der Waals surface area contributed by atoms with Gasteiger partial charge in [-0.2, -0.15) is 0 Å². The molecule has 0 aliphatic heterocycles. The van der Waals surface area contributed by atoms with E-state index >= 15 is 0 Å². The number of furan rings is 1. The minimum absolute atomic E-state index is 0.223. The highest BCUT2D eigenvalue weighted by Crippen LogP contribution is 2.32. The molecular formula is C11H9Br2NO. The molecule has 0 aliphatic rings. The molecule has 1 unspecified atom stereocenters. The summed E-state index contributed by atoms with van der Waals surface area (Å²) in [6, 6.07) is 7.88. The molecule has 0 fully saturated rings. The fourth-order valence-corrected chi connectivity index (χ4v) is 2.86. The van der Waals surface area contributed by atoms with Crippen LogP contribution in [-0.4, -0.2) is 4.98 Å². The van der Waals surface area contributed by atoms with Gasteiger partial charge in [-0.25, -0.2) is 0 Å². The molecule has 0 aromatic carbocycles. The molecule has 2 heterocycles. The standard InChI is InChI=1S/C11H9Br2NO/c12-10(9-4-6-15-11(9)13)7-8-3-1-2-5-14-8/h1-6,10H,7H2. The van der Waals surface area contributed by atoms with Gasteiger partial charge in [-0.05, 0) is 34.1 Å². The zero-order valence-electron chi connectivity index (χ0n) is 7.86. The van der Waals surface area contributed by atoms with Gasteiger partial charge in [0.25, 0.3) is 0 Å². The topological polar surface area (TPSA) is 26.0 Å². The molecule has 2 aromatic rings. The van der Waals surface area contributed by atoms with Crippen molar-refractivity contribution >= 4 is 31.9 Å². The highest BCUT2D eigenvalue weighted by molar-refractivity contribution is 9.10. The van der Waals surface area contributed by atoms with Gasteiger partial charge in [-0.1, -0.05) is 22.0 Å². The van der Waals surface area contributed by atoms with Gasteiger partial charge in [0.1, 0.15) is 0 Å². The van der Waals surface area contributed by atoms with Crippen molar-refractivity contribution < 1.29 is 4.42 Å². The summed E-state index contributed by atoms with van der Waals surface area (Å²) in [5.74, 6) is 0. The van der Waals surface area contributed by atoms with Gasteiger partial charge in [0.2, 0.25) is 0 Å². The van der Waals surface area contributed by atoms with E-state index in [1.807, 2.05) is 24.3 Å². The van der Waals surface area contributed by atoms with Gasteiger partial charge < -0.3 is 4.42 Å². The number of hydrogen-bond donors (Lipinski definition) is 0. The summed E-state index contributed by atoms with van der Waals surface area (Å²) in [7, 11) is 0. The SMILES string of the molecule is Brc1occc1C(Br)Cc1ccccn1. The summed E-state index contributed by atoms with van der Waals surface area (Å²) in [5, 5.41) is 0. The second kappa shape index (κ2) is 4.94. The molecule has 0 aliphatic carbocycles. The number of pyridine rings is 1. The molecular weight excluding hydrogens is 322 g/mol. The molecule has 2 nitrogen and oxygen atoms in total. The van der Waals surface area contributed by atoms with Gasteiger partial charge in [-0.3, -0.25) is 4.98 Å². The summed E-state index contributed by atoms with van der Waals surface area (Å²) < 4.78 is 5.97. The van der Waals surface area contributed by atoms with E-state index in [-0.39, 0.29) is 4.83 Å². The van der Waals surface area contributed by atoms with Crippen LogP contribution in [0.15, 0.2) is 45.8 Å². The van der Waals surface area contributed by atoms with Crippen LogP contribution in [0.25, 0.3) is 0 Å². The van der Waals surface area contributed by atoms with E-state index in [2.05, 4.69) is 36.8 Å². The largest absolute Gasteiger partial charge is 0.457 e. The minimum atomic E-state index is 0.223. The van der Waals surface area contributed by atoms with Crippen LogP contribution in [0.5, 0.6) is 0 Å². The van der Waals surface area contributed by atoms with E-state index in [0.29, 0.717) is 0 Å². The molecule has 0 saturated carbocycles. The van der Waals surface area contributed by atoms with E-state index in [9.17, 15) is 0 Å². The number of halogens is 2. The molecule has 78 valence electrons. The highest BCUT2D eigenvalue weighted by Gasteiger charge is 2.14. The Bertz CT molecular complexity index is 427. The zero-order valence-corrected chi connectivity index (χ0v) is 11.0. The van der Waals surface area contributed by atoms with E-state index in [1.165, 1.54) is 0 Å². The second-order valence-corrected chi connectivity index (χ2v) is 4.97. The van der Waals surface area contributed by atoms with Crippen molar-refractivity contribution in [3.05, 3.63) is 52.7 Å². The molecule has 0 bridgehead atoms. The third kappa shape index (κ3) is 2.69. The smallest absolute Gasteiger partial charge is 0.173 e. The number of aromatic nitrogens is 1. The number of hydrogen-bond acceptors (Lipinski definition) is 2. The summed E-state index contributed by atoms with van der Waals surface area (Å²) >= 11 is 6.99. The number of alkyl halides is 1. The van der Waals surface area contributed by atoms with Crippen molar-refractivity contribution in [2.45, 2.75) is 11.2 Å². The second-order valence-electron chi connectivity index (χ2n) is 3.14.